The van der Waals surface area contributed by atoms with Gasteiger partial charge >= 0.3 is 0 Å². The number of rotatable bonds is 5. The maximum atomic E-state index is 12.8. The molecule has 26 heavy (non-hydrogen) atoms. The highest BCUT2D eigenvalue weighted by molar-refractivity contribution is 7.89. The number of hydrogen-bond acceptors (Lipinski definition) is 4. The molecule has 0 radical (unpaired) electrons. The van der Waals surface area contributed by atoms with Crippen LogP contribution in [0, 0.1) is 5.92 Å². The van der Waals surface area contributed by atoms with Crippen LogP contribution >= 0.6 is 12.4 Å². The van der Waals surface area contributed by atoms with Crippen molar-refractivity contribution in [3.8, 4) is 0 Å². The zero-order valence-corrected chi connectivity index (χ0v) is 16.5. The summed E-state index contributed by atoms with van der Waals surface area (Å²) >= 11 is 0. The van der Waals surface area contributed by atoms with E-state index in [1.165, 1.54) is 6.42 Å². The van der Waals surface area contributed by atoms with Crippen molar-refractivity contribution in [3.05, 3.63) is 23.8 Å². The number of halogens is 1. The molecule has 1 atom stereocenters. The Bertz CT molecular complexity index is 733. The average molecular weight is 402 g/mol. The minimum atomic E-state index is -3.62. The van der Waals surface area contributed by atoms with Crippen molar-refractivity contribution in [2.24, 2.45) is 11.7 Å². The number of carbonyl (C=O) groups is 1. The van der Waals surface area contributed by atoms with E-state index < -0.39 is 10.0 Å². The number of amides is 1. The fraction of sp³-hybridized carbons (Fsp3) is 0.611. The summed E-state index contributed by atoms with van der Waals surface area (Å²) in [4.78, 5) is 11.9. The lowest BCUT2D eigenvalue weighted by atomic mass is 9.84. The van der Waals surface area contributed by atoms with Crippen molar-refractivity contribution in [1.29, 1.82) is 0 Å². The Kier molecular flexibility index (Phi) is 7.46. The molecule has 0 spiro atoms. The second kappa shape index (κ2) is 9.17. The monoisotopic (exact) mass is 401 g/mol. The van der Waals surface area contributed by atoms with Gasteiger partial charge < -0.3 is 11.1 Å². The molecule has 1 unspecified atom stereocenters. The van der Waals surface area contributed by atoms with Crippen molar-refractivity contribution < 1.29 is 13.2 Å². The first-order valence-electron chi connectivity index (χ1n) is 9.15. The third-order valence-electron chi connectivity index (χ3n) is 5.29. The standard InChI is InChI=1S/C18H27N3O3S.ClH/c19-12-17(13-5-2-1-3-6-13)21-25(23,24)15-9-10-16-14(11-15)7-4-8-18(22)20-16;/h9-11,13,17,21H,1-8,12,19H2,(H,20,22);1H. The average Bonchev–Trinajstić information content (AvgIpc) is 2.80. The van der Waals surface area contributed by atoms with E-state index in [0.717, 1.165) is 37.7 Å². The van der Waals surface area contributed by atoms with Crippen LogP contribution in [0.5, 0.6) is 0 Å². The number of sulfonamides is 1. The van der Waals surface area contributed by atoms with Gasteiger partial charge in [0.25, 0.3) is 0 Å². The maximum absolute atomic E-state index is 12.8. The summed E-state index contributed by atoms with van der Waals surface area (Å²) in [6.45, 7) is 0.310. The molecular weight excluding hydrogens is 374 g/mol. The maximum Gasteiger partial charge on any atom is 0.240 e. The number of nitrogens with one attached hydrogen (secondary N) is 2. The van der Waals surface area contributed by atoms with Crippen molar-refractivity contribution >= 4 is 34.0 Å². The van der Waals surface area contributed by atoms with Gasteiger partial charge in [0.05, 0.1) is 4.90 Å². The summed E-state index contributed by atoms with van der Waals surface area (Å²) in [5.74, 6) is 0.293. The van der Waals surface area contributed by atoms with E-state index in [1.54, 1.807) is 18.2 Å². The molecule has 1 aromatic carbocycles. The Labute approximate surface area is 161 Å². The largest absolute Gasteiger partial charge is 0.329 e. The first-order chi connectivity index (χ1) is 12.0. The predicted molar refractivity (Wildman–Crippen MR) is 105 cm³/mol. The Hall–Kier alpha value is -1.15. The summed E-state index contributed by atoms with van der Waals surface area (Å²) < 4.78 is 28.5. The fourth-order valence-electron chi connectivity index (χ4n) is 3.86. The lowest BCUT2D eigenvalue weighted by Gasteiger charge is -2.29. The summed E-state index contributed by atoms with van der Waals surface area (Å²) in [5, 5.41) is 2.83. The van der Waals surface area contributed by atoms with Gasteiger partial charge in [-0.05, 0) is 55.4 Å². The Morgan fingerprint density at radius 2 is 1.88 bits per heavy atom. The van der Waals surface area contributed by atoms with Crippen molar-refractivity contribution in [1.82, 2.24) is 4.72 Å². The van der Waals surface area contributed by atoms with Gasteiger partial charge in [-0.3, -0.25) is 4.79 Å². The number of anilines is 1. The quantitative estimate of drug-likeness (QED) is 0.705. The Morgan fingerprint density at radius 3 is 2.58 bits per heavy atom. The molecule has 0 saturated heterocycles. The van der Waals surface area contributed by atoms with Gasteiger partial charge in [0.2, 0.25) is 15.9 Å². The zero-order valence-electron chi connectivity index (χ0n) is 14.9. The van der Waals surface area contributed by atoms with Crippen LogP contribution in [0.1, 0.15) is 50.5 Å². The van der Waals surface area contributed by atoms with Crippen LogP contribution in [0.2, 0.25) is 0 Å². The molecule has 1 aromatic rings. The molecule has 1 aliphatic heterocycles. The molecule has 1 amide bonds. The lowest BCUT2D eigenvalue weighted by molar-refractivity contribution is -0.116. The van der Waals surface area contributed by atoms with Gasteiger partial charge in [-0.25, -0.2) is 13.1 Å². The van der Waals surface area contributed by atoms with E-state index in [9.17, 15) is 13.2 Å². The highest BCUT2D eigenvalue weighted by Gasteiger charge is 2.28. The molecule has 6 nitrogen and oxygen atoms in total. The number of nitrogens with two attached hydrogens (primary N) is 1. The number of benzene rings is 1. The molecular formula is C18H28ClN3O3S. The number of carbonyl (C=O) groups excluding carboxylic acids is 1. The fourth-order valence-corrected chi connectivity index (χ4v) is 5.23. The normalized spacial score (nSPS) is 19.7. The summed E-state index contributed by atoms with van der Waals surface area (Å²) in [6, 6.07) is 4.70. The third kappa shape index (κ3) is 4.97. The van der Waals surface area contributed by atoms with Gasteiger partial charge in [-0.15, -0.1) is 12.4 Å². The number of fused-ring (bicyclic) bond motifs is 1. The summed E-state index contributed by atoms with van der Waals surface area (Å²) in [7, 11) is -3.62. The number of aryl methyl sites for hydroxylation is 1. The van der Waals surface area contributed by atoms with Crippen LogP contribution in [0.25, 0.3) is 0 Å². The molecule has 1 saturated carbocycles. The topological polar surface area (TPSA) is 101 Å². The first-order valence-corrected chi connectivity index (χ1v) is 10.6. The zero-order chi connectivity index (χ0) is 17.9. The Morgan fingerprint density at radius 1 is 1.15 bits per heavy atom. The van der Waals surface area contributed by atoms with Crippen LogP contribution in [0.4, 0.5) is 5.69 Å². The van der Waals surface area contributed by atoms with Crippen LogP contribution in [-0.4, -0.2) is 26.9 Å². The smallest absolute Gasteiger partial charge is 0.240 e. The van der Waals surface area contributed by atoms with Gasteiger partial charge in [0.1, 0.15) is 0 Å². The van der Waals surface area contributed by atoms with E-state index in [1.807, 2.05) is 0 Å². The van der Waals surface area contributed by atoms with E-state index in [2.05, 4.69) is 10.0 Å². The van der Waals surface area contributed by atoms with E-state index in [0.29, 0.717) is 31.0 Å². The van der Waals surface area contributed by atoms with Gasteiger partial charge in [0.15, 0.2) is 0 Å². The minimum absolute atomic E-state index is 0. The van der Waals surface area contributed by atoms with Crippen molar-refractivity contribution in [2.75, 3.05) is 11.9 Å². The molecule has 0 aromatic heterocycles. The minimum Gasteiger partial charge on any atom is -0.329 e. The molecule has 1 heterocycles. The molecule has 1 aliphatic carbocycles. The van der Waals surface area contributed by atoms with E-state index in [4.69, 9.17) is 5.73 Å². The van der Waals surface area contributed by atoms with E-state index >= 15 is 0 Å². The van der Waals surface area contributed by atoms with Gasteiger partial charge in [0, 0.05) is 24.7 Å². The van der Waals surface area contributed by atoms with Gasteiger partial charge in [-0.2, -0.15) is 0 Å². The summed E-state index contributed by atoms with van der Waals surface area (Å²) in [5.41, 5.74) is 7.44. The van der Waals surface area contributed by atoms with Crippen LogP contribution < -0.4 is 15.8 Å². The molecule has 146 valence electrons. The number of hydrogen-bond donors (Lipinski definition) is 3. The van der Waals surface area contributed by atoms with Crippen LogP contribution in [0.15, 0.2) is 23.1 Å². The SMILES string of the molecule is Cl.NCC(NS(=O)(=O)c1ccc2c(c1)CCCC(=O)N2)C1CCCCC1. The predicted octanol–water partition coefficient (Wildman–Crippen LogP) is 2.57. The second-order valence-corrected chi connectivity index (χ2v) is 8.80. The summed E-state index contributed by atoms with van der Waals surface area (Å²) in [6.07, 6.45) is 7.44. The van der Waals surface area contributed by atoms with Crippen molar-refractivity contribution in [3.63, 3.8) is 0 Å². The molecule has 0 bridgehead atoms. The molecule has 2 aliphatic rings. The van der Waals surface area contributed by atoms with Crippen molar-refractivity contribution in [2.45, 2.75) is 62.3 Å². The highest BCUT2D eigenvalue weighted by Crippen LogP contribution is 2.28. The van der Waals surface area contributed by atoms with Crippen LogP contribution in [-0.2, 0) is 21.2 Å². The third-order valence-corrected chi connectivity index (χ3v) is 6.78. The molecule has 1 fully saturated rings. The lowest BCUT2D eigenvalue weighted by Crippen LogP contribution is -2.45. The first kappa shape index (κ1) is 21.2. The van der Waals surface area contributed by atoms with Gasteiger partial charge in [-0.1, -0.05) is 19.3 Å². The molecule has 4 N–H and O–H groups in total. The van der Waals surface area contributed by atoms with Crippen LogP contribution in [0.3, 0.4) is 0 Å². The molecule has 3 rings (SSSR count). The highest BCUT2D eigenvalue weighted by atomic mass is 35.5. The second-order valence-electron chi connectivity index (χ2n) is 7.08. The molecule has 8 heteroatoms. The Balaban J connectivity index is 0.00000243. The van der Waals surface area contributed by atoms with E-state index in [-0.39, 0.29) is 29.3 Å².